The van der Waals surface area contributed by atoms with Crippen molar-refractivity contribution in [3.05, 3.63) is 17.5 Å². The topological polar surface area (TPSA) is 67.3 Å². The smallest absolute Gasteiger partial charge is 0.307 e. The molecule has 7 heteroatoms. The number of fused-ring (bicyclic) bond motifs is 2. The Kier molecular flexibility index (Phi) is 6.70. The lowest BCUT2D eigenvalue weighted by Gasteiger charge is -2.41. The summed E-state index contributed by atoms with van der Waals surface area (Å²) in [5, 5.41) is 3.74. The second kappa shape index (κ2) is 9.00. The zero-order valence-electron chi connectivity index (χ0n) is 15.5. The second-order valence-corrected chi connectivity index (χ2v) is 7.77. The van der Waals surface area contributed by atoms with Crippen LogP contribution in [0.3, 0.4) is 0 Å². The first-order chi connectivity index (χ1) is 12.6. The summed E-state index contributed by atoms with van der Waals surface area (Å²) >= 11 is 5.92. The molecule has 1 aromatic rings. The normalized spacial score (nSPS) is 24.7. The Morgan fingerprint density at radius 2 is 2.19 bits per heavy atom. The molecule has 2 atom stereocenters. The van der Waals surface area contributed by atoms with Crippen molar-refractivity contribution < 1.29 is 9.53 Å². The van der Waals surface area contributed by atoms with Gasteiger partial charge in [0.05, 0.1) is 6.54 Å². The van der Waals surface area contributed by atoms with Crippen LogP contribution in [0.5, 0.6) is 0 Å². The first-order valence-corrected chi connectivity index (χ1v) is 10.2. The average Bonchev–Trinajstić information content (AvgIpc) is 2.91. The third-order valence-electron chi connectivity index (χ3n) is 5.23. The lowest BCUT2D eigenvalue weighted by molar-refractivity contribution is -0.162. The largest absolute Gasteiger partial charge is 0.442 e. The van der Waals surface area contributed by atoms with E-state index in [0.717, 1.165) is 38.0 Å². The number of ether oxygens (including phenoxy) is 1. The van der Waals surface area contributed by atoms with Gasteiger partial charge in [-0.1, -0.05) is 39.0 Å². The number of esters is 1. The molecule has 6 nitrogen and oxygen atoms in total. The fourth-order valence-electron chi connectivity index (χ4n) is 3.93. The van der Waals surface area contributed by atoms with Gasteiger partial charge < -0.3 is 9.64 Å². The Balaban J connectivity index is 1.51. The Labute approximate surface area is 160 Å². The van der Waals surface area contributed by atoms with Crippen molar-refractivity contribution in [1.29, 1.82) is 0 Å². The highest BCUT2D eigenvalue weighted by Crippen LogP contribution is 2.33. The van der Waals surface area contributed by atoms with Crippen LogP contribution in [0.25, 0.3) is 0 Å². The minimum Gasteiger partial charge on any atom is -0.442 e. The molecule has 2 unspecified atom stereocenters. The number of piperazine rings is 1. The van der Waals surface area contributed by atoms with Crippen molar-refractivity contribution >= 4 is 23.4 Å². The quantitative estimate of drug-likeness (QED) is 0.400. The van der Waals surface area contributed by atoms with E-state index in [1.807, 2.05) is 6.07 Å². The van der Waals surface area contributed by atoms with Crippen LogP contribution in [-0.2, 0) is 9.53 Å². The molecule has 26 heavy (non-hydrogen) atoms. The van der Waals surface area contributed by atoms with Crippen molar-refractivity contribution in [3.8, 4) is 0 Å². The van der Waals surface area contributed by atoms with Crippen molar-refractivity contribution in [2.75, 3.05) is 18.0 Å². The standard InChI is InChI=1S/C19H29ClN4O2/c1-2-3-4-5-6-7-8-17(25)26-19-11-9-15(23-19)13-24(14-19)16-10-12-21-18(20)22-16/h10,12,15,23H,2-9,11,13-14H2,1H3. The number of nitrogens with one attached hydrogen (secondary N) is 1. The zero-order chi connectivity index (χ0) is 18.4. The van der Waals surface area contributed by atoms with Gasteiger partial charge in [-0.3, -0.25) is 10.1 Å². The monoisotopic (exact) mass is 380 g/mol. The van der Waals surface area contributed by atoms with Gasteiger partial charge in [0.25, 0.3) is 0 Å². The minimum atomic E-state index is -0.598. The third-order valence-corrected chi connectivity index (χ3v) is 5.41. The zero-order valence-corrected chi connectivity index (χ0v) is 16.3. The maximum atomic E-state index is 12.4. The molecule has 0 aromatic carbocycles. The molecular formula is C19H29ClN4O2. The average molecular weight is 381 g/mol. The first-order valence-electron chi connectivity index (χ1n) is 9.83. The Morgan fingerprint density at radius 3 is 3.00 bits per heavy atom. The lowest BCUT2D eigenvalue weighted by Crippen LogP contribution is -2.61. The molecular weight excluding hydrogens is 352 g/mol. The Hall–Kier alpha value is -1.40. The van der Waals surface area contributed by atoms with Gasteiger partial charge in [-0.25, -0.2) is 9.97 Å². The Bertz CT molecular complexity index is 615. The minimum absolute atomic E-state index is 0.101. The molecule has 0 radical (unpaired) electrons. The fourth-order valence-corrected chi connectivity index (χ4v) is 4.08. The van der Waals surface area contributed by atoms with Crippen LogP contribution in [0.1, 0.15) is 64.7 Å². The molecule has 0 aliphatic carbocycles. The number of halogens is 1. The SMILES string of the molecule is CCCCCCCCC(=O)OC12CCC(CN(c3ccnc(Cl)n3)C1)N2. The van der Waals surface area contributed by atoms with Crippen LogP contribution in [0.15, 0.2) is 12.3 Å². The number of aromatic nitrogens is 2. The van der Waals surface area contributed by atoms with Gasteiger partial charge in [0.15, 0.2) is 5.72 Å². The number of rotatable bonds is 9. The number of unbranched alkanes of at least 4 members (excludes halogenated alkanes) is 5. The number of nitrogens with zero attached hydrogens (tertiary/aromatic N) is 3. The van der Waals surface area contributed by atoms with Gasteiger partial charge in [-0.05, 0) is 30.5 Å². The molecule has 2 aliphatic heterocycles. The Morgan fingerprint density at radius 1 is 1.38 bits per heavy atom. The van der Waals surface area contributed by atoms with E-state index in [2.05, 4.69) is 27.1 Å². The molecule has 2 fully saturated rings. The van der Waals surface area contributed by atoms with Crippen molar-refractivity contribution in [2.24, 2.45) is 0 Å². The molecule has 0 saturated carbocycles. The van der Waals surface area contributed by atoms with E-state index in [0.29, 0.717) is 19.0 Å². The molecule has 144 valence electrons. The summed E-state index contributed by atoms with van der Waals surface area (Å²) in [4.78, 5) is 22.7. The van der Waals surface area contributed by atoms with Crippen LogP contribution in [0.4, 0.5) is 5.82 Å². The van der Waals surface area contributed by atoms with E-state index in [1.54, 1.807) is 6.20 Å². The summed E-state index contributed by atoms with van der Waals surface area (Å²) in [6.45, 7) is 3.64. The molecule has 2 saturated heterocycles. The molecule has 0 spiro atoms. The predicted octanol–water partition coefficient (Wildman–Crippen LogP) is 3.69. The van der Waals surface area contributed by atoms with E-state index < -0.39 is 5.72 Å². The number of carbonyl (C=O) groups excluding carboxylic acids is 1. The summed E-state index contributed by atoms with van der Waals surface area (Å²) in [5.74, 6) is 0.686. The molecule has 3 heterocycles. The van der Waals surface area contributed by atoms with Crippen LogP contribution in [0, 0.1) is 0 Å². The first kappa shape index (κ1) is 19.4. The molecule has 2 bridgehead atoms. The summed E-state index contributed by atoms with van der Waals surface area (Å²) in [6, 6.07) is 2.15. The van der Waals surface area contributed by atoms with Crippen LogP contribution < -0.4 is 10.2 Å². The van der Waals surface area contributed by atoms with Gasteiger partial charge in [0.1, 0.15) is 5.82 Å². The predicted molar refractivity (Wildman–Crippen MR) is 102 cm³/mol. The number of hydrogen-bond donors (Lipinski definition) is 1. The van der Waals surface area contributed by atoms with Crippen LogP contribution >= 0.6 is 11.6 Å². The highest BCUT2D eigenvalue weighted by molar-refractivity contribution is 6.28. The van der Waals surface area contributed by atoms with Crippen LogP contribution in [-0.4, -0.2) is 40.8 Å². The highest BCUT2D eigenvalue weighted by atomic mass is 35.5. The van der Waals surface area contributed by atoms with E-state index in [4.69, 9.17) is 16.3 Å². The third kappa shape index (κ3) is 5.07. The van der Waals surface area contributed by atoms with Gasteiger partial charge in [0, 0.05) is 31.6 Å². The van der Waals surface area contributed by atoms with Crippen molar-refractivity contribution in [3.63, 3.8) is 0 Å². The summed E-state index contributed by atoms with van der Waals surface area (Å²) in [7, 11) is 0. The maximum Gasteiger partial charge on any atom is 0.307 e. The number of carbonyl (C=O) groups is 1. The van der Waals surface area contributed by atoms with Gasteiger partial charge in [0.2, 0.25) is 5.28 Å². The molecule has 1 N–H and O–H groups in total. The van der Waals surface area contributed by atoms with E-state index in [1.165, 1.54) is 25.7 Å². The molecule has 2 aliphatic rings. The van der Waals surface area contributed by atoms with E-state index >= 15 is 0 Å². The van der Waals surface area contributed by atoms with Crippen molar-refractivity contribution in [2.45, 2.75) is 76.5 Å². The van der Waals surface area contributed by atoms with Gasteiger partial charge in [-0.15, -0.1) is 0 Å². The molecule has 1 aromatic heterocycles. The fraction of sp³-hybridized carbons (Fsp3) is 0.737. The second-order valence-electron chi connectivity index (χ2n) is 7.43. The van der Waals surface area contributed by atoms with Gasteiger partial charge in [-0.2, -0.15) is 0 Å². The van der Waals surface area contributed by atoms with Gasteiger partial charge >= 0.3 is 5.97 Å². The molecule has 3 rings (SSSR count). The number of hydrogen-bond acceptors (Lipinski definition) is 6. The number of anilines is 1. The summed E-state index contributed by atoms with van der Waals surface area (Å²) in [6.07, 6.45) is 11.0. The van der Waals surface area contributed by atoms with E-state index in [-0.39, 0.29) is 11.3 Å². The maximum absolute atomic E-state index is 12.4. The van der Waals surface area contributed by atoms with E-state index in [9.17, 15) is 4.79 Å². The molecule has 0 amide bonds. The lowest BCUT2D eigenvalue weighted by atomic mass is 10.1. The van der Waals surface area contributed by atoms with Crippen molar-refractivity contribution in [1.82, 2.24) is 15.3 Å². The summed E-state index contributed by atoms with van der Waals surface area (Å²) < 4.78 is 5.91. The van der Waals surface area contributed by atoms with Crippen LogP contribution in [0.2, 0.25) is 5.28 Å². The summed E-state index contributed by atoms with van der Waals surface area (Å²) in [5.41, 5.74) is -0.598. The highest BCUT2D eigenvalue weighted by Gasteiger charge is 2.47.